The van der Waals surface area contributed by atoms with Gasteiger partial charge < -0.3 is 10.6 Å². The van der Waals surface area contributed by atoms with Crippen molar-refractivity contribution in [1.82, 2.24) is 9.97 Å². The molecule has 5 nitrogen and oxygen atoms in total. The van der Waals surface area contributed by atoms with Crippen LogP contribution in [-0.4, -0.2) is 15.9 Å². The van der Waals surface area contributed by atoms with Crippen LogP contribution in [0.5, 0.6) is 0 Å². The molecule has 0 fully saturated rings. The van der Waals surface area contributed by atoms with Gasteiger partial charge in [0.1, 0.15) is 11.6 Å². The van der Waals surface area contributed by atoms with Crippen molar-refractivity contribution in [3.63, 3.8) is 0 Å². The molecule has 0 radical (unpaired) electrons. The Hall–Kier alpha value is -3.70. The Balaban J connectivity index is 1.54. The van der Waals surface area contributed by atoms with Gasteiger partial charge in [0.25, 0.3) is 5.91 Å². The largest absolute Gasteiger partial charge is 0.340 e. The smallest absolute Gasteiger partial charge is 0.255 e. The van der Waals surface area contributed by atoms with E-state index in [0.717, 1.165) is 22.5 Å². The van der Waals surface area contributed by atoms with Gasteiger partial charge in [-0.1, -0.05) is 54.1 Å². The first-order chi connectivity index (χ1) is 15.0. The molecule has 1 aromatic heterocycles. The topological polar surface area (TPSA) is 66.9 Å². The molecule has 1 amide bonds. The average molecular weight is 429 g/mol. The van der Waals surface area contributed by atoms with Gasteiger partial charge >= 0.3 is 0 Å². The van der Waals surface area contributed by atoms with Gasteiger partial charge in [-0.15, -0.1) is 0 Å². The number of aromatic nitrogens is 2. The van der Waals surface area contributed by atoms with Crippen LogP contribution in [0, 0.1) is 13.8 Å². The lowest BCUT2D eigenvalue weighted by Crippen LogP contribution is -2.12. The number of anilines is 3. The zero-order chi connectivity index (χ0) is 21.8. The van der Waals surface area contributed by atoms with Crippen LogP contribution in [0.1, 0.15) is 21.7 Å². The lowest BCUT2D eigenvalue weighted by molar-refractivity contribution is 0.102. The molecule has 4 aromatic rings. The number of nitrogens with one attached hydrogen (secondary N) is 2. The van der Waals surface area contributed by atoms with Gasteiger partial charge in [0.2, 0.25) is 0 Å². The zero-order valence-corrected chi connectivity index (χ0v) is 17.9. The predicted molar refractivity (Wildman–Crippen MR) is 126 cm³/mol. The molecule has 1 heterocycles. The molecule has 0 aliphatic heterocycles. The van der Waals surface area contributed by atoms with Gasteiger partial charge in [-0.3, -0.25) is 4.79 Å². The summed E-state index contributed by atoms with van der Waals surface area (Å²) in [7, 11) is 0. The van der Waals surface area contributed by atoms with Crippen LogP contribution in [0.15, 0.2) is 78.9 Å². The number of carbonyl (C=O) groups excluding carboxylic acids is 1. The minimum Gasteiger partial charge on any atom is -0.340 e. The molecule has 4 rings (SSSR count). The molecule has 154 valence electrons. The van der Waals surface area contributed by atoms with Crippen LogP contribution in [0.25, 0.3) is 11.3 Å². The van der Waals surface area contributed by atoms with Gasteiger partial charge in [0.05, 0.1) is 5.69 Å². The van der Waals surface area contributed by atoms with Crippen molar-refractivity contribution in [3.8, 4) is 11.3 Å². The fraction of sp³-hybridized carbons (Fsp3) is 0.0800. The number of aryl methyl sites for hydroxylation is 2. The van der Waals surface area contributed by atoms with Gasteiger partial charge in [-0.2, -0.15) is 0 Å². The summed E-state index contributed by atoms with van der Waals surface area (Å²) in [5.74, 6) is 1.11. The highest BCUT2D eigenvalue weighted by Crippen LogP contribution is 2.24. The fourth-order valence-electron chi connectivity index (χ4n) is 3.15. The number of carbonyl (C=O) groups is 1. The minimum absolute atomic E-state index is 0.215. The van der Waals surface area contributed by atoms with Crippen molar-refractivity contribution in [2.45, 2.75) is 13.8 Å². The van der Waals surface area contributed by atoms with Crippen LogP contribution in [0.4, 0.5) is 17.2 Å². The highest BCUT2D eigenvalue weighted by atomic mass is 35.5. The van der Waals surface area contributed by atoms with Crippen LogP contribution in [0.3, 0.4) is 0 Å². The van der Waals surface area contributed by atoms with E-state index in [1.807, 2.05) is 74.5 Å². The van der Waals surface area contributed by atoms with Crippen molar-refractivity contribution in [1.29, 1.82) is 0 Å². The quantitative estimate of drug-likeness (QED) is 0.385. The molecular formula is C25H21ClN4O. The summed E-state index contributed by atoms with van der Waals surface area (Å²) in [5, 5.41) is 6.77. The summed E-state index contributed by atoms with van der Waals surface area (Å²) in [4.78, 5) is 21.7. The number of hydrogen-bond acceptors (Lipinski definition) is 4. The van der Waals surface area contributed by atoms with Gasteiger partial charge in [-0.05, 0) is 49.7 Å². The second kappa shape index (κ2) is 8.98. The highest BCUT2D eigenvalue weighted by molar-refractivity contribution is 6.31. The zero-order valence-electron chi connectivity index (χ0n) is 17.2. The number of rotatable bonds is 5. The summed E-state index contributed by atoms with van der Waals surface area (Å²) >= 11 is 6.16. The standard InChI is InChI=1S/C25H21ClN4O/c1-16-11-12-21(14-22(16)26)30-25(31)19-9-6-10-20(13-19)29-24-15-23(27-17(2)28-24)18-7-4-3-5-8-18/h3-15H,1-2H3,(H,30,31)(H,27,28,29). The lowest BCUT2D eigenvalue weighted by Gasteiger charge is -2.11. The highest BCUT2D eigenvalue weighted by Gasteiger charge is 2.09. The Morgan fingerprint density at radius 2 is 1.65 bits per heavy atom. The van der Waals surface area contributed by atoms with E-state index in [2.05, 4.69) is 20.6 Å². The Morgan fingerprint density at radius 3 is 2.42 bits per heavy atom. The summed E-state index contributed by atoms with van der Waals surface area (Å²) in [6.45, 7) is 3.77. The van der Waals surface area contributed by atoms with E-state index in [1.165, 1.54) is 0 Å². The Kier molecular flexibility index (Phi) is 5.96. The first kappa shape index (κ1) is 20.6. The summed E-state index contributed by atoms with van der Waals surface area (Å²) in [5.41, 5.74) is 4.74. The van der Waals surface area contributed by atoms with Gasteiger partial charge in [0.15, 0.2) is 0 Å². The Labute approximate surface area is 186 Å². The fourth-order valence-corrected chi connectivity index (χ4v) is 3.33. The summed E-state index contributed by atoms with van der Waals surface area (Å²) in [6, 6.07) is 24.5. The van der Waals surface area contributed by atoms with E-state index in [-0.39, 0.29) is 5.91 Å². The maximum absolute atomic E-state index is 12.7. The molecule has 0 aliphatic carbocycles. The van der Waals surface area contributed by atoms with Crippen molar-refractivity contribution < 1.29 is 4.79 Å². The molecular weight excluding hydrogens is 408 g/mol. The number of nitrogens with zero attached hydrogens (tertiary/aromatic N) is 2. The summed E-state index contributed by atoms with van der Waals surface area (Å²) in [6.07, 6.45) is 0. The van der Waals surface area contributed by atoms with E-state index >= 15 is 0 Å². The molecule has 0 saturated heterocycles. The third-order valence-electron chi connectivity index (χ3n) is 4.73. The van der Waals surface area contributed by atoms with Crippen molar-refractivity contribution in [3.05, 3.63) is 101 Å². The van der Waals surface area contributed by atoms with Crippen LogP contribution < -0.4 is 10.6 Å². The predicted octanol–water partition coefficient (Wildman–Crippen LogP) is 6.41. The minimum atomic E-state index is -0.215. The third-order valence-corrected chi connectivity index (χ3v) is 5.14. The molecule has 0 spiro atoms. The molecule has 31 heavy (non-hydrogen) atoms. The molecule has 3 aromatic carbocycles. The number of hydrogen-bond donors (Lipinski definition) is 2. The first-order valence-electron chi connectivity index (χ1n) is 9.83. The molecule has 2 N–H and O–H groups in total. The molecule has 6 heteroatoms. The van der Waals surface area contributed by atoms with E-state index in [9.17, 15) is 4.79 Å². The van der Waals surface area contributed by atoms with E-state index in [1.54, 1.807) is 18.2 Å². The van der Waals surface area contributed by atoms with Gasteiger partial charge in [0, 0.05) is 33.6 Å². The Morgan fingerprint density at radius 1 is 0.839 bits per heavy atom. The second-order valence-electron chi connectivity index (χ2n) is 7.18. The summed E-state index contributed by atoms with van der Waals surface area (Å²) < 4.78 is 0. The molecule has 0 saturated carbocycles. The van der Waals surface area contributed by atoms with E-state index in [4.69, 9.17) is 11.6 Å². The number of halogens is 1. The maximum Gasteiger partial charge on any atom is 0.255 e. The first-order valence-corrected chi connectivity index (χ1v) is 10.2. The number of amides is 1. The maximum atomic E-state index is 12.7. The normalized spacial score (nSPS) is 10.5. The van der Waals surface area contributed by atoms with E-state index < -0.39 is 0 Å². The SMILES string of the molecule is Cc1nc(Nc2cccc(C(=O)Nc3ccc(C)c(Cl)c3)c2)cc(-c2ccccc2)n1. The third kappa shape index (κ3) is 5.08. The monoisotopic (exact) mass is 428 g/mol. The van der Waals surface area contributed by atoms with Crippen LogP contribution in [-0.2, 0) is 0 Å². The molecule has 0 bridgehead atoms. The Bertz CT molecular complexity index is 1240. The average Bonchev–Trinajstić information content (AvgIpc) is 2.77. The van der Waals surface area contributed by atoms with Crippen LogP contribution >= 0.6 is 11.6 Å². The molecule has 0 atom stereocenters. The van der Waals surface area contributed by atoms with E-state index in [0.29, 0.717) is 27.9 Å². The number of benzene rings is 3. The van der Waals surface area contributed by atoms with Crippen molar-refractivity contribution >= 4 is 34.7 Å². The second-order valence-corrected chi connectivity index (χ2v) is 7.58. The van der Waals surface area contributed by atoms with Crippen LogP contribution in [0.2, 0.25) is 5.02 Å². The van der Waals surface area contributed by atoms with Crippen molar-refractivity contribution in [2.24, 2.45) is 0 Å². The molecule has 0 unspecified atom stereocenters. The van der Waals surface area contributed by atoms with Crippen molar-refractivity contribution in [2.75, 3.05) is 10.6 Å². The lowest BCUT2D eigenvalue weighted by atomic mass is 10.1. The van der Waals surface area contributed by atoms with Gasteiger partial charge in [-0.25, -0.2) is 9.97 Å². The molecule has 0 aliphatic rings.